The fourth-order valence-electron chi connectivity index (χ4n) is 3.56. The fraction of sp³-hybridized carbons (Fsp3) is 0.353. The number of halogens is 3. The first kappa shape index (κ1) is 17.3. The minimum atomic E-state index is -1.17. The lowest BCUT2D eigenvalue weighted by molar-refractivity contribution is 0.0721. The summed E-state index contributed by atoms with van der Waals surface area (Å²) in [5.74, 6) is -1.45. The average molecular weight is 380 g/mol. The van der Waals surface area contributed by atoms with Gasteiger partial charge in [-0.2, -0.15) is 0 Å². The van der Waals surface area contributed by atoms with Gasteiger partial charge >= 0.3 is 0 Å². The summed E-state index contributed by atoms with van der Waals surface area (Å²) in [5, 5.41) is 0.276. The smallest absolute Gasteiger partial charge is 0.154 e. The second-order valence-corrected chi connectivity index (χ2v) is 7.27. The molecule has 2 aliphatic rings. The molecule has 1 aromatic carbocycles. The molecule has 0 unspecified atom stereocenters. The first-order valence-corrected chi connectivity index (χ1v) is 8.94. The van der Waals surface area contributed by atoms with E-state index in [0.717, 1.165) is 6.07 Å². The van der Waals surface area contributed by atoms with Crippen molar-refractivity contribution in [1.29, 1.82) is 0 Å². The van der Waals surface area contributed by atoms with E-state index in [-0.39, 0.29) is 22.9 Å². The van der Waals surface area contributed by atoms with Crippen molar-refractivity contribution in [3.8, 4) is 11.1 Å². The Kier molecular flexibility index (Phi) is 4.36. The van der Waals surface area contributed by atoms with E-state index in [2.05, 4.69) is 15.0 Å². The molecule has 4 rings (SSSR count). The van der Waals surface area contributed by atoms with Crippen LogP contribution in [0.15, 0.2) is 35.8 Å². The third kappa shape index (κ3) is 2.66. The number of aromatic nitrogens is 2. The van der Waals surface area contributed by atoms with Crippen LogP contribution in [0.5, 0.6) is 0 Å². The zero-order valence-electron chi connectivity index (χ0n) is 13.5. The van der Waals surface area contributed by atoms with Gasteiger partial charge in [-0.3, -0.25) is 0 Å². The molecule has 0 spiro atoms. The minimum absolute atomic E-state index is 0.0131. The van der Waals surface area contributed by atoms with Crippen molar-refractivity contribution < 1.29 is 17.9 Å². The summed E-state index contributed by atoms with van der Waals surface area (Å²) in [6, 6.07) is 2.19. The van der Waals surface area contributed by atoms with Crippen LogP contribution >= 0.6 is 11.8 Å². The summed E-state index contributed by atoms with van der Waals surface area (Å²) in [7, 11) is 0. The van der Waals surface area contributed by atoms with E-state index in [0.29, 0.717) is 11.3 Å². The Morgan fingerprint density at radius 1 is 1.23 bits per heavy atom. The standard InChI is InChI=1S/C17H15F3N4OS/c18-3-15-12-6-26-16(21)24-17(12,7-25-15)11-1-10(13(19)2-14(11)20)9-4-22-8-23-5-9/h1-2,4-5,8,12,15H,3,6-7H2,(H2,21,24)/t12-,15+,17-/m1/s1. The van der Waals surface area contributed by atoms with E-state index in [1.165, 1.54) is 36.5 Å². The van der Waals surface area contributed by atoms with Gasteiger partial charge in [-0.15, -0.1) is 0 Å². The van der Waals surface area contributed by atoms with Gasteiger partial charge in [0.15, 0.2) is 5.17 Å². The van der Waals surface area contributed by atoms with Gasteiger partial charge in [-0.05, 0) is 6.07 Å². The third-order valence-corrected chi connectivity index (χ3v) is 5.76. The molecule has 9 heteroatoms. The van der Waals surface area contributed by atoms with Gasteiger partial charge in [-0.25, -0.2) is 28.1 Å². The van der Waals surface area contributed by atoms with Gasteiger partial charge in [0.05, 0.1) is 12.7 Å². The van der Waals surface area contributed by atoms with Crippen molar-refractivity contribution in [3.63, 3.8) is 0 Å². The molecule has 3 atom stereocenters. The van der Waals surface area contributed by atoms with Crippen LogP contribution in [0.2, 0.25) is 0 Å². The highest BCUT2D eigenvalue weighted by molar-refractivity contribution is 8.13. The maximum Gasteiger partial charge on any atom is 0.154 e. The van der Waals surface area contributed by atoms with Crippen molar-refractivity contribution in [3.05, 3.63) is 48.1 Å². The molecular formula is C17H15F3N4OS. The third-order valence-electron chi connectivity index (χ3n) is 4.85. The molecule has 3 heterocycles. The van der Waals surface area contributed by atoms with Crippen molar-refractivity contribution >= 4 is 16.9 Å². The number of fused-ring (bicyclic) bond motifs is 1. The largest absolute Gasteiger partial charge is 0.379 e. The van der Waals surface area contributed by atoms with Gasteiger partial charge in [0.2, 0.25) is 0 Å². The van der Waals surface area contributed by atoms with Crippen molar-refractivity contribution in [2.45, 2.75) is 11.6 Å². The van der Waals surface area contributed by atoms with Crippen LogP contribution in [0.4, 0.5) is 13.2 Å². The molecule has 0 radical (unpaired) electrons. The zero-order chi connectivity index (χ0) is 18.3. The van der Waals surface area contributed by atoms with E-state index in [1.807, 2.05) is 0 Å². The van der Waals surface area contributed by atoms with E-state index < -0.39 is 35.9 Å². The highest BCUT2D eigenvalue weighted by Crippen LogP contribution is 2.49. The molecule has 0 amide bonds. The van der Waals surface area contributed by atoms with Crippen LogP contribution in [0, 0.1) is 17.6 Å². The quantitative estimate of drug-likeness (QED) is 0.886. The molecule has 2 aliphatic heterocycles. The summed E-state index contributed by atoms with van der Waals surface area (Å²) >= 11 is 1.28. The Bertz CT molecular complexity index is 867. The lowest BCUT2D eigenvalue weighted by Gasteiger charge is -2.35. The van der Waals surface area contributed by atoms with Crippen molar-refractivity contribution in [2.24, 2.45) is 16.6 Å². The Balaban J connectivity index is 1.90. The fourth-order valence-corrected chi connectivity index (χ4v) is 4.63. The van der Waals surface area contributed by atoms with Gasteiger partial charge in [-0.1, -0.05) is 11.8 Å². The first-order chi connectivity index (χ1) is 12.5. The molecule has 1 saturated heterocycles. The van der Waals surface area contributed by atoms with Gasteiger partial charge in [0, 0.05) is 46.8 Å². The van der Waals surface area contributed by atoms with E-state index in [4.69, 9.17) is 10.5 Å². The zero-order valence-corrected chi connectivity index (χ0v) is 14.3. The molecule has 5 nitrogen and oxygen atoms in total. The monoisotopic (exact) mass is 380 g/mol. The Morgan fingerprint density at radius 2 is 2.00 bits per heavy atom. The maximum absolute atomic E-state index is 14.8. The van der Waals surface area contributed by atoms with E-state index in [1.54, 1.807) is 0 Å². The van der Waals surface area contributed by atoms with Crippen molar-refractivity contribution in [2.75, 3.05) is 19.0 Å². The number of ether oxygens (including phenoxy) is 1. The molecule has 0 bridgehead atoms. The average Bonchev–Trinajstić information content (AvgIpc) is 3.01. The van der Waals surface area contributed by atoms with Crippen LogP contribution in [0.1, 0.15) is 5.56 Å². The number of alkyl halides is 1. The number of thioether (sulfide) groups is 1. The normalized spacial score (nSPS) is 27.9. The molecule has 1 aromatic heterocycles. The predicted octanol–water partition coefficient (Wildman–Crippen LogP) is 2.66. The molecule has 0 aliphatic carbocycles. The Labute approximate surface area is 151 Å². The Morgan fingerprint density at radius 3 is 2.73 bits per heavy atom. The highest BCUT2D eigenvalue weighted by atomic mass is 32.2. The summed E-state index contributed by atoms with van der Waals surface area (Å²) in [6.45, 7) is -0.717. The summed E-state index contributed by atoms with van der Waals surface area (Å²) in [5.41, 5.74) is 5.39. The van der Waals surface area contributed by atoms with E-state index >= 15 is 0 Å². The molecule has 0 saturated carbocycles. The number of hydrogen-bond donors (Lipinski definition) is 1. The van der Waals surface area contributed by atoms with Crippen LogP contribution in [0.25, 0.3) is 11.1 Å². The summed E-state index contributed by atoms with van der Waals surface area (Å²) in [6.07, 6.45) is 3.49. The molecule has 2 aromatic rings. The first-order valence-electron chi connectivity index (χ1n) is 7.96. The minimum Gasteiger partial charge on any atom is -0.379 e. The molecule has 1 fully saturated rings. The number of amidine groups is 1. The second kappa shape index (κ2) is 6.55. The Hall–Kier alpha value is -2.13. The molecule has 26 heavy (non-hydrogen) atoms. The molecule has 136 valence electrons. The van der Waals surface area contributed by atoms with Crippen LogP contribution < -0.4 is 5.73 Å². The van der Waals surface area contributed by atoms with Gasteiger partial charge < -0.3 is 10.5 Å². The van der Waals surface area contributed by atoms with Crippen LogP contribution in [0.3, 0.4) is 0 Å². The maximum atomic E-state index is 14.8. The highest BCUT2D eigenvalue weighted by Gasteiger charge is 2.54. The number of hydrogen-bond acceptors (Lipinski definition) is 6. The number of nitrogens with zero attached hydrogens (tertiary/aromatic N) is 3. The van der Waals surface area contributed by atoms with E-state index in [9.17, 15) is 13.2 Å². The lowest BCUT2D eigenvalue weighted by atomic mass is 9.78. The van der Waals surface area contributed by atoms with Gasteiger partial charge in [0.25, 0.3) is 0 Å². The number of benzene rings is 1. The topological polar surface area (TPSA) is 73.4 Å². The predicted molar refractivity (Wildman–Crippen MR) is 92.3 cm³/mol. The second-order valence-electron chi connectivity index (χ2n) is 6.23. The lowest BCUT2D eigenvalue weighted by Crippen LogP contribution is -2.42. The van der Waals surface area contributed by atoms with Gasteiger partial charge in [0.1, 0.15) is 30.2 Å². The van der Waals surface area contributed by atoms with Crippen LogP contribution in [-0.4, -0.2) is 40.3 Å². The number of rotatable bonds is 3. The molecular weight excluding hydrogens is 365 g/mol. The summed E-state index contributed by atoms with van der Waals surface area (Å²) in [4.78, 5) is 12.2. The summed E-state index contributed by atoms with van der Waals surface area (Å²) < 4.78 is 48.1. The SMILES string of the molecule is NC1=N[C@@]2(c3cc(-c4cncnc4)c(F)cc3F)CO[C@@H](CF)[C@H]2CS1. The number of nitrogens with two attached hydrogens (primary N) is 1. The number of aliphatic imine (C=N–C) groups is 1. The van der Waals surface area contributed by atoms with Crippen LogP contribution in [-0.2, 0) is 10.3 Å². The molecule has 2 N–H and O–H groups in total. The van der Waals surface area contributed by atoms with Crippen molar-refractivity contribution in [1.82, 2.24) is 9.97 Å².